The second kappa shape index (κ2) is 11.2. The Bertz CT molecular complexity index is 774. The van der Waals surface area contributed by atoms with Crippen LogP contribution in [0.3, 0.4) is 0 Å². The van der Waals surface area contributed by atoms with Crippen LogP contribution in [0.2, 0.25) is 5.02 Å². The molecule has 1 saturated carbocycles. The number of carboxylic acids is 1. The van der Waals surface area contributed by atoms with Gasteiger partial charge in [0.25, 0.3) is 0 Å². The summed E-state index contributed by atoms with van der Waals surface area (Å²) in [7, 11) is 0. The van der Waals surface area contributed by atoms with E-state index in [9.17, 15) is 19.4 Å². The largest absolute Gasteiger partial charge is 0.487 e. The number of hydrogen-bond donors (Lipinski definition) is 3. The Morgan fingerprint density at radius 3 is 2.97 bits per heavy atom. The minimum absolute atomic E-state index is 0.0331. The van der Waals surface area contributed by atoms with Crippen LogP contribution in [0.4, 0.5) is 4.39 Å². The van der Waals surface area contributed by atoms with Crippen molar-refractivity contribution in [1.82, 2.24) is 0 Å². The summed E-state index contributed by atoms with van der Waals surface area (Å²) in [6, 6.07) is 4.40. The zero-order chi connectivity index (χ0) is 22.4. The molecule has 172 valence electrons. The third-order valence-corrected chi connectivity index (χ3v) is 6.10. The first-order valence-corrected chi connectivity index (χ1v) is 10.7. The molecule has 31 heavy (non-hydrogen) atoms. The average Bonchev–Trinajstić information content (AvgIpc) is 2.89. The lowest BCUT2D eigenvalue weighted by atomic mass is 9.87. The molecule has 3 rings (SSSR count). The van der Waals surface area contributed by atoms with Crippen LogP contribution in [0.15, 0.2) is 30.4 Å². The predicted molar refractivity (Wildman–Crippen MR) is 111 cm³/mol. The van der Waals surface area contributed by atoms with Crippen LogP contribution in [-0.2, 0) is 14.3 Å². The van der Waals surface area contributed by atoms with Gasteiger partial charge in [-0.15, -0.1) is 0 Å². The van der Waals surface area contributed by atoms with Crippen LogP contribution in [0.5, 0.6) is 5.75 Å². The van der Waals surface area contributed by atoms with E-state index in [1.54, 1.807) is 18.2 Å². The van der Waals surface area contributed by atoms with Gasteiger partial charge < -0.3 is 29.5 Å². The number of aliphatic carboxylic acids is 1. The van der Waals surface area contributed by atoms with Gasteiger partial charge in [0.15, 0.2) is 11.6 Å². The molecule has 0 aromatic heterocycles. The second-order valence-corrected chi connectivity index (χ2v) is 8.49. The van der Waals surface area contributed by atoms with E-state index in [2.05, 4.69) is 0 Å². The fraction of sp³-hybridized carbons (Fsp3) is 0.591. The van der Waals surface area contributed by atoms with Crippen molar-refractivity contribution in [3.8, 4) is 5.75 Å². The first-order valence-electron chi connectivity index (χ1n) is 10.4. The summed E-state index contributed by atoms with van der Waals surface area (Å²) in [6.45, 7) is 0.313. The molecule has 2 fully saturated rings. The Labute approximate surface area is 185 Å². The van der Waals surface area contributed by atoms with Crippen LogP contribution in [0.1, 0.15) is 19.3 Å². The number of carboxylic acid groups (broad SMARTS) is 1. The fourth-order valence-electron chi connectivity index (χ4n) is 4.24. The maximum atomic E-state index is 13.9. The van der Waals surface area contributed by atoms with E-state index in [0.29, 0.717) is 19.6 Å². The molecule has 0 amide bonds. The monoisotopic (exact) mass is 458 g/mol. The van der Waals surface area contributed by atoms with Crippen LogP contribution < -0.4 is 4.74 Å². The lowest BCUT2D eigenvalue weighted by molar-refractivity contribution is -0.143. The minimum atomic E-state index is -1.000. The Balaban J connectivity index is 1.51. The summed E-state index contributed by atoms with van der Waals surface area (Å²) in [5.74, 6) is -1.68. The number of hydrogen-bond acceptors (Lipinski definition) is 6. The Kier molecular flexibility index (Phi) is 8.68. The van der Waals surface area contributed by atoms with Crippen LogP contribution in [0, 0.1) is 23.6 Å². The molecule has 1 aromatic carbocycles. The van der Waals surface area contributed by atoms with Gasteiger partial charge in [0.05, 0.1) is 30.4 Å². The van der Waals surface area contributed by atoms with Crippen molar-refractivity contribution >= 4 is 17.6 Å². The average molecular weight is 459 g/mol. The van der Waals surface area contributed by atoms with Crippen molar-refractivity contribution < 1.29 is 38.7 Å². The van der Waals surface area contributed by atoms with E-state index >= 15 is 0 Å². The molecule has 0 unspecified atom stereocenters. The number of aliphatic hydroxyl groups excluding tert-OH is 2. The van der Waals surface area contributed by atoms with E-state index in [4.69, 9.17) is 30.9 Å². The summed E-state index contributed by atoms with van der Waals surface area (Å²) in [5.41, 5.74) is 0. The van der Waals surface area contributed by atoms with Crippen molar-refractivity contribution in [2.45, 2.75) is 37.6 Å². The molecule has 1 aliphatic heterocycles. The van der Waals surface area contributed by atoms with Gasteiger partial charge >= 0.3 is 5.97 Å². The van der Waals surface area contributed by atoms with E-state index in [1.165, 1.54) is 12.1 Å². The molecule has 6 atom stereocenters. The van der Waals surface area contributed by atoms with Gasteiger partial charge in [-0.25, -0.2) is 9.18 Å². The number of rotatable bonds is 9. The summed E-state index contributed by atoms with van der Waals surface area (Å²) < 4.78 is 30.3. The highest BCUT2D eigenvalue weighted by Crippen LogP contribution is 2.41. The van der Waals surface area contributed by atoms with E-state index in [0.717, 1.165) is 12.8 Å². The minimum Gasteiger partial charge on any atom is -0.487 e. The van der Waals surface area contributed by atoms with E-state index < -0.39 is 24.0 Å². The van der Waals surface area contributed by atoms with Crippen molar-refractivity contribution in [3.05, 3.63) is 41.2 Å². The normalized spacial score (nSPS) is 29.5. The van der Waals surface area contributed by atoms with Gasteiger partial charge in [-0.05, 0) is 30.9 Å². The van der Waals surface area contributed by atoms with Gasteiger partial charge in [-0.2, -0.15) is 0 Å². The van der Waals surface area contributed by atoms with Crippen LogP contribution in [-0.4, -0.2) is 66.0 Å². The van der Waals surface area contributed by atoms with E-state index in [-0.39, 0.29) is 47.8 Å². The lowest BCUT2D eigenvalue weighted by Gasteiger charge is -2.21. The Morgan fingerprint density at radius 1 is 1.39 bits per heavy atom. The number of aliphatic hydroxyl groups is 2. The smallest absolute Gasteiger partial charge is 0.329 e. The molecular formula is C22H28ClFO7. The van der Waals surface area contributed by atoms with Crippen molar-refractivity contribution in [2.24, 2.45) is 17.8 Å². The first-order chi connectivity index (χ1) is 14.8. The zero-order valence-corrected chi connectivity index (χ0v) is 17.8. The third kappa shape index (κ3) is 6.63. The molecular weight excluding hydrogens is 431 g/mol. The molecule has 1 saturated heterocycles. The maximum absolute atomic E-state index is 13.9. The summed E-state index contributed by atoms with van der Waals surface area (Å²) in [4.78, 5) is 10.6. The molecule has 7 nitrogen and oxygen atoms in total. The first kappa shape index (κ1) is 23.9. The summed E-state index contributed by atoms with van der Waals surface area (Å²) in [5, 5.41) is 29.3. The second-order valence-electron chi connectivity index (χ2n) is 8.08. The quantitative estimate of drug-likeness (QED) is 0.488. The molecule has 3 N–H and O–H groups in total. The zero-order valence-electron chi connectivity index (χ0n) is 17.0. The number of ether oxygens (including phenoxy) is 3. The van der Waals surface area contributed by atoms with Gasteiger partial charge in [-0.1, -0.05) is 29.8 Å². The highest BCUT2D eigenvalue weighted by atomic mass is 35.5. The highest BCUT2D eigenvalue weighted by Gasteiger charge is 2.43. The van der Waals surface area contributed by atoms with Gasteiger partial charge in [0.1, 0.15) is 19.3 Å². The van der Waals surface area contributed by atoms with Crippen molar-refractivity contribution in [1.29, 1.82) is 0 Å². The number of halogens is 2. The Hall–Kier alpha value is -1.71. The molecule has 0 bridgehead atoms. The predicted octanol–water partition coefficient (Wildman–Crippen LogP) is 2.67. The number of carbonyl (C=O) groups is 1. The molecule has 1 heterocycles. The summed E-state index contributed by atoms with van der Waals surface area (Å²) in [6.07, 6.45) is 3.79. The van der Waals surface area contributed by atoms with Crippen LogP contribution >= 0.6 is 11.6 Å². The molecule has 0 spiro atoms. The van der Waals surface area contributed by atoms with Gasteiger partial charge in [0, 0.05) is 18.3 Å². The van der Waals surface area contributed by atoms with Gasteiger partial charge in [0.2, 0.25) is 0 Å². The molecule has 2 aliphatic rings. The van der Waals surface area contributed by atoms with Crippen LogP contribution in [0.25, 0.3) is 0 Å². The maximum Gasteiger partial charge on any atom is 0.329 e. The van der Waals surface area contributed by atoms with Gasteiger partial charge in [-0.3, -0.25) is 0 Å². The van der Waals surface area contributed by atoms with Crippen molar-refractivity contribution in [2.75, 3.05) is 26.4 Å². The van der Waals surface area contributed by atoms with E-state index in [1.807, 2.05) is 0 Å². The Morgan fingerprint density at radius 2 is 2.19 bits per heavy atom. The number of fused-ring (bicyclic) bond motifs is 1. The standard InChI is InChI=1S/C22H28ClFO7/c23-17-2-1-3-19(22(17)24)31-11-14(25)5-7-15-16-6-4-13(9-29-12-21(27)28)10-30-20(16)8-18(15)26/h1-3,5,7,13-16,18,20,25-26H,4,6,8-12H2,(H,27,28)/t13-,14-,15-,16-,18-,20+/m1/s1. The lowest BCUT2D eigenvalue weighted by Crippen LogP contribution is -2.22. The number of benzene rings is 1. The fourth-order valence-corrected chi connectivity index (χ4v) is 4.41. The summed E-state index contributed by atoms with van der Waals surface area (Å²) >= 11 is 5.72. The molecule has 0 radical (unpaired) electrons. The molecule has 1 aliphatic carbocycles. The molecule has 9 heteroatoms. The van der Waals surface area contributed by atoms with Crippen molar-refractivity contribution in [3.63, 3.8) is 0 Å². The SMILES string of the molecule is O=C(O)COC[C@H]1CC[C@@H]2[C@@H](C=C[C@@H](O)COc3cccc(Cl)c3F)[C@H](O)C[C@@H]2OC1. The molecule has 1 aromatic rings. The highest BCUT2D eigenvalue weighted by molar-refractivity contribution is 6.30. The topological polar surface area (TPSA) is 105 Å². The third-order valence-electron chi connectivity index (χ3n) is 5.80.